The molecule has 0 bridgehead atoms. The van der Waals surface area contributed by atoms with Crippen molar-refractivity contribution in [2.24, 2.45) is 10.8 Å². The Morgan fingerprint density at radius 2 is 1.94 bits per heavy atom. The van der Waals surface area contributed by atoms with Gasteiger partial charge in [-0.25, -0.2) is 4.98 Å². The van der Waals surface area contributed by atoms with E-state index in [1.165, 1.54) is 0 Å². The smallest absolute Gasteiger partial charge is 0.195 e. The fraction of sp³-hybridized carbons (Fsp3) is 0.786. The third-order valence-electron chi connectivity index (χ3n) is 4.64. The predicted molar refractivity (Wildman–Crippen MR) is 69.1 cm³/mol. The first-order chi connectivity index (χ1) is 7.91. The van der Waals surface area contributed by atoms with E-state index in [-0.39, 0.29) is 0 Å². The van der Waals surface area contributed by atoms with Gasteiger partial charge in [0.25, 0.3) is 0 Å². The highest BCUT2D eigenvalue weighted by Crippen LogP contribution is 2.73. The van der Waals surface area contributed by atoms with Crippen LogP contribution in [0.4, 0.5) is 0 Å². The van der Waals surface area contributed by atoms with Crippen LogP contribution in [0.1, 0.15) is 52.2 Å². The number of aromatic nitrogens is 1. The summed E-state index contributed by atoms with van der Waals surface area (Å²) < 4.78 is 5.87. The maximum atomic E-state index is 5.87. The van der Waals surface area contributed by atoms with Crippen LogP contribution in [-0.4, -0.2) is 18.1 Å². The lowest BCUT2D eigenvalue weighted by Crippen LogP contribution is -2.16. The molecule has 0 radical (unpaired) electrons. The molecule has 1 heterocycles. The first-order valence-electron chi connectivity index (χ1n) is 6.56. The Balaban J connectivity index is 2.00. The van der Waals surface area contributed by atoms with Gasteiger partial charge in [-0.05, 0) is 17.4 Å². The molecule has 3 heteroatoms. The van der Waals surface area contributed by atoms with Crippen molar-refractivity contribution in [1.29, 1.82) is 0 Å². The first kappa shape index (κ1) is 12.6. The summed E-state index contributed by atoms with van der Waals surface area (Å²) in [6.07, 6.45) is 2.80. The Bertz CT molecular complexity index is 379. The lowest BCUT2D eigenvalue weighted by molar-refractivity contribution is 0.434. The summed E-state index contributed by atoms with van der Waals surface area (Å²) in [7, 11) is 0. The third-order valence-corrected chi connectivity index (χ3v) is 4.64. The number of hydrogen-bond donors (Lipinski definition) is 1. The van der Waals surface area contributed by atoms with Gasteiger partial charge in [-0.3, -0.25) is 0 Å². The van der Waals surface area contributed by atoms with Crippen molar-refractivity contribution in [1.82, 2.24) is 10.3 Å². The fourth-order valence-corrected chi connectivity index (χ4v) is 2.85. The Hall–Kier alpha value is -0.830. The highest BCUT2D eigenvalue weighted by molar-refractivity contribution is 5.27. The SMILES string of the molecule is CCNCCc1ncc(C2C(C)(C)C2(C)C)o1. The van der Waals surface area contributed by atoms with Gasteiger partial charge in [0.2, 0.25) is 0 Å². The van der Waals surface area contributed by atoms with Gasteiger partial charge in [-0.15, -0.1) is 0 Å². The van der Waals surface area contributed by atoms with E-state index in [1.807, 2.05) is 6.20 Å². The number of hydrogen-bond acceptors (Lipinski definition) is 3. The molecule has 3 nitrogen and oxygen atoms in total. The molecular weight excluding hydrogens is 212 g/mol. The van der Waals surface area contributed by atoms with Crippen LogP contribution in [-0.2, 0) is 6.42 Å². The molecule has 1 aromatic rings. The number of likely N-dealkylation sites (N-methyl/N-ethyl adjacent to an activating group) is 1. The van der Waals surface area contributed by atoms with Crippen LogP contribution < -0.4 is 5.32 Å². The van der Waals surface area contributed by atoms with Gasteiger partial charge in [0.1, 0.15) is 5.76 Å². The van der Waals surface area contributed by atoms with Gasteiger partial charge in [-0.2, -0.15) is 0 Å². The molecule has 1 aliphatic carbocycles. The molecule has 1 saturated carbocycles. The van der Waals surface area contributed by atoms with Gasteiger partial charge in [-0.1, -0.05) is 34.6 Å². The average Bonchev–Trinajstić information content (AvgIpc) is 2.60. The highest BCUT2D eigenvalue weighted by atomic mass is 16.4. The highest BCUT2D eigenvalue weighted by Gasteiger charge is 2.66. The predicted octanol–water partition coefficient (Wildman–Crippen LogP) is 2.98. The number of nitrogens with zero attached hydrogens (tertiary/aromatic N) is 1. The van der Waals surface area contributed by atoms with E-state index in [0.29, 0.717) is 16.7 Å². The van der Waals surface area contributed by atoms with Gasteiger partial charge in [0.05, 0.1) is 6.20 Å². The standard InChI is InChI=1S/C14H24N2O/c1-6-15-8-7-11-16-9-10(17-11)12-13(2,3)14(12,4)5/h9,12,15H,6-8H2,1-5H3. The molecule has 1 aliphatic rings. The molecule has 1 fully saturated rings. The second-order valence-electron chi connectivity index (χ2n) is 6.14. The summed E-state index contributed by atoms with van der Waals surface area (Å²) in [6.45, 7) is 13.3. The normalized spacial score (nSPS) is 21.7. The molecule has 1 N–H and O–H groups in total. The summed E-state index contributed by atoms with van der Waals surface area (Å²) in [6, 6.07) is 0. The minimum absolute atomic E-state index is 0.325. The van der Waals surface area contributed by atoms with E-state index >= 15 is 0 Å². The molecule has 2 rings (SSSR count). The number of nitrogens with one attached hydrogen (secondary N) is 1. The third kappa shape index (κ3) is 2.01. The summed E-state index contributed by atoms with van der Waals surface area (Å²) in [5, 5.41) is 3.28. The Morgan fingerprint density at radius 3 is 2.47 bits per heavy atom. The minimum atomic E-state index is 0.325. The molecule has 0 aromatic carbocycles. The minimum Gasteiger partial charge on any atom is -0.445 e. The summed E-state index contributed by atoms with van der Waals surface area (Å²) in [4.78, 5) is 4.37. The molecule has 0 spiro atoms. The van der Waals surface area contributed by atoms with Crippen molar-refractivity contribution < 1.29 is 4.42 Å². The average molecular weight is 236 g/mol. The van der Waals surface area contributed by atoms with Crippen LogP contribution in [0.5, 0.6) is 0 Å². The summed E-state index contributed by atoms with van der Waals surface area (Å²) in [5.41, 5.74) is 0.650. The largest absolute Gasteiger partial charge is 0.445 e. The van der Waals surface area contributed by atoms with Crippen molar-refractivity contribution in [3.8, 4) is 0 Å². The zero-order chi connectivity index (χ0) is 12.7. The van der Waals surface area contributed by atoms with Crippen molar-refractivity contribution in [3.05, 3.63) is 17.8 Å². The van der Waals surface area contributed by atoms with Crippen LogP contribution in [0.3, 0.4) is 0 Å². The number of oxazole rings is 1. The zero-order valence-electron chi connectivity index (χ0n) is 11.6. The van der Waals surface area contributed by atoms with E-state index in [0.717, 1.165) is 31.2 Å². The van der Waals surface area contributed by atoms with Crippen molar-refractivity contribution in [3.63, 3.8) is 0 Å². The zero-order valence-corrected chi connectivity index (χ0v) is 11.6. The quantitative estimate of drug-likeness (QED) is 0.799. The van der Waals surface area contributed by atoms with Crippen molar-refractivity contribution in [2.75, 3.05) is 13.1 Å². The van der Waals surface area contributed by atoms with E-state index in [9.17, 15) is 0 Å². The maximum absolute atomic E-state index is 5.87. The van der Waals surface area contributed by atoms with Crippen molar-refractivity contribution >= 4 is 0 Å². The fourth-order valence-electron chi connectivity index (χ4n) is 2.85. The van der Waals surface area contributed by atoms with Gasteiger partial charge >= 0.3 is 0 Å². The van der Waals surface area contributed by atoms with Crippen LogP contribution in [0.15, 0.2) is 10.6 Å². The van der Waals surface area contributed by atoms with Gasteiger partial charge in [0, 0.05) is 18.9 Å². The van der Waals surface area contributed by atoms with E-state index in [1.54, 1.807) is 0 Å². The van der Waals surface area contributed by atoms with Gasteiger partial charge in [0.15, 0.2) is 5.89 Å². The van der Waals surface area contributed by atoms with Gasteiger partial charge < -0.3 is 9.73 Å². The lowest BCUT2D eigenvalue weighted by Gasteiger charge is -2.03. The summed E-state index contributed by atoms with van der Waals surface area (Å²) >= 11 is 0. The Labute approximate surface area is 104 Å². The van der Waals surface area contributed by atoms with E-state index < -0.39 is 0 Å². The maximum Gasteiger partial charge on any atom is 0.195 e. The Kier molecular flexibility index (Phi) is 3.06. The molecule has 0 amide bonds. The van der Waals surface area contributed by atoms with Crippen LogP contribution in [0.25, 0.3) is 0 Å². The topological polar surface area (TPSA) is 38.1 Å². The Morgan fingerprint density at radius 1 is 1.29 bits per heavy atom. The van der Waals surface area contributed by atoms with E-state index in [4.69, 9.17) is 4.42 Å². The first-order valence-corrected chi connectivity index (χ1v) is 6.56. The van der Waals surface area contributed by atoms with Crippen molar-refractivity contribution in [2.45, 2.75) is 47.0 Å². The second kappa shape index (κ2) is 4.13. The number of rotatable bonds is 5. The molecule has 17 heavy (non-hydrogen) atoms. The summed E-state index contributed by atoms with van der Waals surface area (Å²) in [5.74, 6) is 2.43. The molecule has 0 aliphatic heterocycles. The van der Waals surface area contributed by atoms with Crippen LogP contribution in [0.2, 0.25) is 0 Å². The van der Waals surface area contributed by atoms with Crippen LogP contribution in [0, 0.1) is 10.8 Å². The molecule has 0 atom stereocenters. The molecular formula is C14H24N2O. The second-order valence-corrected chi connectivity index (χ2v) is 6.14. The lowest BCUT2D eigenvalue weighted by atomic mass is 10.0. The van der Waals surface area contributed by atoms with Crippen LogP contribution >= 0.6 is 0 Å². The van der Waals surface area contributed by atoms with E-state index in [2.05, 4.69) is 44.9 Å². The molecule has 0 unspecified atom stereocenters. The molecule has 0 saturated heterocycles. The molecule has 96 valence electrons. The monoisotopic (exact) mass is 236 g/mol. The molecule has 1 aromatic heterocycles.